The SMILES string of the molecule is CNc1nc2c(c(-c3cccc(NC(=O)c4ccc(O)cc4)c3)n1)C=C(OC)C(OC)=CC2. The molecule has 8 nitrogen and oxygen atoms in total. The average Bonchev–Trinajstić information content (AvgIpc) is 3.02. The summed E-state index contributed by atoms with van der Waals surface area (Å²) in [4.78, 5) is 21.9. The Morgan fingerprint density at radius 1 is 1.03 bits per heavy atom. The first-order valence-electron chi connectivity index (χ1n) is 10.3. The normalized spacial score (nSPS) is 12.6. The Bertz CT molecular complexity index is 1250. The molecule has 0 spiro atoms. The number of rotatable bonds is 6. The van der Waals surface area contributed by atoms with Gasteiger partial charge in [-0.3, -0.25) is 4.79 Å². The van der Waals surface area contributed by atoms with Crippen LogP contribution in [-0.2, 0) is 15.9 Å². The maximum atomic E-state index is 12.6. The molecule has 1 aliphatic carbocycles. The van der Waals surface area contributed by atoms with Crippen LogP contribution in [0.1, 0.15) is 21.6 Å². The number of allylic oxidation sites excluding steroid dienone is 1. The van der Waals surface area contributed by atoms with Crippen LogP contribution in [0.15, 0.2) is 66.1 Å². The number of carbonyl (C=O) groups excluding carboxylic acids is 1. The van der Waals surface area contributed by atoms with E-state index in [4.69, 9.17) is 14.5 Å². The van der Waals surface area contributed by atoms with Gasteiger partial charge in [-0.2, -0.15) is 0 Å². The Hall–Kier alpha value is -4.33. The largest absolute Gasteiger partial charge is 0.508 e. The second-order valence-corrected chi connectivity index (χ2v) is 7.28. The molecule has 8 heteroatoms. The summed E-state index contributed by atoms with van der Waals surface area (Å²) in [5.41, 5.74) is 4.20. The van der Waals surface area contributed by atoms with Crippen molar-refractivity contribution in [2.45, 2.75) is 6.42 Å². The van der Waals surface area contributed by atoms with Gasteiger partial charge < -0.3 is 25.2 Å². The number of phenolic OH excluding ortho intramolecular Hbond substituents is 1. The molecule has 0 bridgehead atoms. The number of aromatic nitrogens is 2. The van der Waals surface area contributed by atoms with Crippen molar-refractivity contribution in [3.8, 4) is 17.0 Å². The van der Waals surface area contributed by atoms with Crippen LogP contribution in [0.3, 0.4) is 0 Å². The Balaban J connectivity index is 1.74. The molecular weight excluding hydrogens is 420 g/mol. The third-order valence-electron chi connectivity index (χ3n) is 5.21. The van der Waals surface area contributed by atoms with Gasteiger partial charge in [0.1, 0.15) is 5.75 Å². The predicted octanol–water partition coefficient (Wildman–Crippen LogP) is 4.22. The fourth-order valence-electron chi connectivity index (χ4n) is 3.55. The van der Waals surface area contributed by atoms with Crippen molar-refractivity contribution in [3.05, 3.63) is 82.9 Å². The van der Waals surface area contributed by atoms with Gasteiger partial charge in [-0.25, -0.2) is 9.97 Å². The summed E-state index contributed by atoms with van der Waals surface area (Å²) in [6.07, 6.45) is 4.34. The second-order valence-electron chi connectivity index (χ2n) is 7.28. The molecule has 2 aromatic carbocycles. The van der Waals surface area contributed by atoms with Gasteiger partial charge in [-0.05, 0) is 48.6 Å². The minimum absolute atomic E-state index is 0.105. The fraction of sp³-hybridized carbons (Fsp3) is 0.160. The Morgan fingerprint density at radius 3 is 2.48 bits per heavy atom. The lowest BCUT2D eigenvalue weighted by atomic mass is 10.0. The highest BCUT2D eigenvalue weighted by atomic mass is 16.5. The lowest BCUT2D eigenvalue weighted by Crippen LogP contribution is -2.11. The van der Waals surface area contributed by atoms with E-state index in [2.05, 4.69) is 15.6 Å². The average molecular weight is 444 g/mol. The van der Waals surface area contributed by atoms with E-state index in [1.807, 2.05) is 36.4 Å². The highest BCUT2D eigenvalue weighted by molar-refractivity contribution is 6.04. The molecule has 3 aromatic rings. The summed E-state index contributed by atoms with van der Waals surface area (Å²) in [7, 11) is 4.95. The van der Waals surface area contributed by atoms with Crippen LogP contribution >= 0.6 is 0 Å². The third-order valence-corrected chi connectivity index (χ3v) is 5.21. The maximum Gasteiger partial charge on any atom is 0.255 e. The highest BCUT2D eigenvalue weighted by Crippen LogP contribution is 2.32. The fourth-order valence-corrected chi connectivity index (χ4v) is 3.55. The zero-order valence-corrected chi connectivity index (χ0v) is 18.5. The van der Waals surface area contributed by atoms with Gasteiger partial charge in [-0.1, -0.05) is 12.1 Å². The van der Waals surface area contributed by atoms with Gasteiger partial charge in [-0.15, -0.1) is 0 Å². The third kappa shape index (κ3) is 4.64. The molecule has 33 heavy (non-hydrogen) atoms. The zero-order chi connectivity index (χ0) is 23.4. The summed E-state index contributed by atoms with van der Waals surface area (Å²) in [6, 6.07) is 13.5. The Morgan fingerprint density at radius 2 is 1.79 bits per heavy atom. The van der Waals surface area contributed by atoms with Crippen molar-refractivity contribution in [2.24, 2.45) is 0 Å². The van der Waals surface area contributed by atoms with E-state index in [0.717, 1.165) is 16.8 Å². The van der Waals surface area contributed by atoms with Crippen LogP contribution in [0, 0.1) is 0 Å². The van der Waals surface area contributed by atoms with Crippen molar-refractivity contribution >= 4 is 23.6 Å². The first kappa shape index (κ1) is 21.9. The number of benzene rings is 2. The van der Waals surface area contributed by atoms with Crippen molar-refractivity contribution in [3.63, 3.8) is 0 Å². The summed E-state index contributed by atoms with van der Waals surface area (Å²) in [5.74, 6) is 1.52. The minimum atomic E-state index is -0.278. The molecule has 4 rings (SSSR count). The molecule has 3 N–H and O–H groups in total. The van der Waals surface area contributed by atoms with E-state index in [0.29, 0.717) is 40.8 Å². The maximum absolute atomic E-state index is 12.6. The van der Waals surface area contributed by atoms with Crippen molar-refractivity contribution in [1.29, 1.82) is 0 Å². The number of ether oxygens (including phenoxy) is 2. The number of methoxy groups -OCH3 is 2. The number of nitrogens with zero attached hydrogens (tertiary/aromatic N) is 2. The van der Waals surface area contributed by atoms with E-state index in [1.165, 1.54) is 12.1 Å². The number of nitrogens with one attached hydrogen (secondary N) is 2. The summed E-state index contributed by atoms with van der Waals surface area (Å²) < 4.78 is 11.0. The molecule has 1 aromatic heterocycles. The smallest absolute Gasteiger partial charge is 0.255 e. The number of anilines is 2. The second kappa shape index (κ2) is 9.44. The van der Waals surface area contributed by atoms with Crippen LogP contribution in [-0.4, -0.2) is 42.2 Å². The van der Waals surface area contributed by atoms with Crippen LogP contribution in [0.25, 0.3) is 17.3 Å². The van der Waals surface area contributed by atoms with Gasteiger partial charge in [0.25, 0.3) is 5.91 Å². The highest BCUT2D eigenvalue weighted by Gasteiger charge is 2.20. The van der Waals surface area contributed by atoms with Crippen LogP contribution in [0.5, 0.6) is 5.75 Å². The van der Waals surface area contributed by atoms with Gasteiger partial charge in [0.05, 0.1) is 25.6 Å². The number of carbonyl (C=O) groups is 1. The van der Waals surface area contributed by atoms with Gasteiger partial charge in [0.15, 0.2) is 11.5 Å². The van der Waals surface area contributed by atoms with E-state index in [9.17, 15) is 9.90 Å². The number of phenols is 1. The monoisotopic (exact) mass is 444 g/mol. The van der Waals surface area contributed by atoms with E-state index < -0.39 is 0 Å². The quantitative estimate of drug-likeness (QED) is 0.523. The van der Waals surface area contributed by atoms with E-state index >= 15 is 0 Å². The topological polar surface area (TPSA) is 106 Å². The number of hydrogen-bond acceptors (Lipinski definition) is 7. The number of hydrogen-bond donors (Lipinski definition) is 3. The summed E-state index contributed by atoms with van der Waals surface area (Å²) in [6.45, 7) is 0. The number of aromatic hydroxyl groups is 1. The number of fused-ring (bicyclic) bond motifs is 1. The molecule has 1 amide bonds. The standard InChI is InChI=1S/C25H24N4O4/c1-26-25-28-20-11-12-21(32-2)22(33-3)14-19(20)23(29-25)16-5-4-6-17(13-16)27-24(31)15-7-9-18(30)10-8-15/h4-10,12-14,30H,11H2,1-3H3,(H,27,31)(H,26,28,29). The first-order chi connectivity index (χ1) is 16.0. The molecule has 0 fully saturated rings. The molecule has 0 unspecified atom stereocenters. The van der Waals surface area contributed by atoms with Crippen LogP contribution in [0.2, 0.25) is 0 Å². The van der Waals surface area contributed by atoms with Gasteiger partial charge in [0.2, 0.25) is 5.95 Å². The zero-order valence-electron chi connectivity index (χ0n) is 18.5. The first-order valence-corrected chi connectivity index (χ1v) is 10.3. The summed E-state index contributed by atoms with van der Waals surface area (Å²) >= 11 is 0. The van der Waals surface area contributed by atoms with E-state index in [-0.39, 0.29) is 11.7 Å². The molecule has 0 radical (unpaired) electrons. The lowest BCUT2D eigenvalue weighted by molar-refractivity contribution is 0.102. The molecule has 1 aliphatic rings. The Kier molecular flexibility index (Phi) is 6.26. The molecule has 0 saturated carbocycles. The minimum Gasteiger partial charge on any atom is -0.508 e. The Labute approximate surface area is 191 Å². The lowest BCUT2D eigenvalue weighted by Gasteiger charge is -2.13. The molecule has 168 valence electrons. The molecular formula is C25H24N4O4. The molecule has 0 atom stereocenters. The van der Waals surface area contributed by atoms with Crippen molar-refractivity contribution in [2.75, 3.05) is 31.9 Å². The van der Waals surface area contributed by atoms with Crippen molar-refractivity contribution < 1.29 is 19.4 Å². The van der Waals surface area contributed by atoms with Crippen molar-refractivity contribution in [1.82, 2.24) is 9.97 Å². The van der Waals surface area contributed by atoms with Crippen LogP contribution in [0.4, 0.5) is 11.6 Å². The molecule has 0 saturated heterocycles. The number of amides is 1. The predicted molar refractivity (Wildman–Crippen MR) is 127 cm³/mol. The van der Waals surface area contributed by atoms with Gasteiger partial charge in [0, 0.05) is 35.8 Å². The van der Waals surface area contributed by atoms with E-state index in [1.54, 1.807) is 33.4 Å². The van der Waals surface area contributed by atoms with Crippen LogP contribution < -0.4 is 10.6 Å². The molecule has 0 aliphatic heterocycles. The molecule has 1 heterocycles. The van der Waals surface area contributed by atoms with Gasteiger partial charge >= 0.3 is 0 Å². The summed E-state index contributed by atoms with van der Waals surface area (Å²) in [5, 5.41) is 15.4.